The molecule has 0 aliphatic carbocycles. The number of carbonyl (C=O) groups is 2. The van der Waals surface area contributed by atoms with Crippen molar-refractivity contribution >= 4 is 27.8 Å². The fraction of sp³-hybridized carbons (Fsp3) is 0.429. The number of hydrogen-bond acceptors (Lipinski definition) is 4. The van der Waals surface area contributed by atoms with Gasteiger partial charge in [-0.05, 0) is 45.9 Å². The third-order valence-corrected chi connectivity index (χ3v) is 2.81. The van der Waals surface area contributed by atoms with E-state index in [0.29, 0.717) is 4.47 Å². The molecule has 0 aliphatic heterocycles. The number of nitrogens with one attached hydrogen (secondary N) is 1. The molecule has 0 saturated carbocycles. The molecule has 0 bridgehead atoms. The van der Waals surface area contributed by atoms with Crippen LogP contribution in [0, 0.1) is 0 Å². The van der Waals surface area contributed by atoms with Crippen molar-refractivity contribution in [1.82, 2.24) is 5.32 Å². The molecule has 0 fully saturated rings. The summed E-state index contributed by atoms with van der Waals surface area (Å²) >= 11 is 3.19. The lowest BCUT2D eigenvalue weighted by Gasteiger charge is -2.22. The number of hydrogen-bond donors (Lipinski definition) is 2. The molecule has 0 heterocycles. The minimum Gasteiger partial charge on any atom is -0.507 e. The summed E-state index contributed by atoms with van der Waals surface area (Å²) in [6, 6.07) is 3.71. The average Bonchev–Trinajstić information content (AvgIpc) is 2.26. The van der Waals surface area contributed by atoms with E-state index in [2.05, 4.69) is 21.2 Å². The van der Waals surface area contributed by atoms with Crippen LogP contribution in [0.1, 0.15) is 38.1 Å². The number of phenols is 1. The van der Waals surface area contributed by atoms with E-state index < -0.39 is 23.5 Å². The van der Waals surface area contributed by atoms with Crippen LogP contribution in [-0.2, 0) is 9.53 Å². The lowest BCUT2D eigenvalue weighted by molar-refractivity contribution is -0.156. The van der Waals surface area contributed by atoms with E-state index in [9.17, 15) is 14.7 Å². The van der Waals surface area contributed by atoms with E-state index in [1.54, 1.807) is 26.8 Å². The Morgan fingerprint density at radius 3 is 2.45 bits per heavy atom. The Morgan fingerprint density at radius 1 is 1.35 bits per heavy atom. The fourth-order valence-electron chi connectivity index (χ4n) is 1.42. The molecule has 0 saturated heterocycles. The van der Waals surface area contributed by atoms with Crippen LogP contribution in [-0.4, -0.2) is 28.6 Å². The highest BCUT2D eigenvalue weighted by molar-refractivity contribution is 9.10. The van der Waals surface area contributed by atoms with Gasteiger partial charge < -0.3 is 15.2 Å². The van der Waals surface area contributed by atoms with E-state index in [4.69, 9.17) is 4.74 Å². The van der Waals surface area contributed by atoms with Gasteiger partial charge in [0.1, 0.15) is 17.4 Å². The van der Waals surface area contributed by atoms with Gasteiger partial charge in [-0.1, -0.05) is 15.9 Å². The molecule has 1 atom stereocenters. The van der Waals surface area contributed by atoms with Gasteiger partial charge in [-0.2, -0.15) is 0 Å². The molecule has 0 unspecified atom stereocenters. The quantitative estimate of drug-likeness (QED) is 0.827. The molecule has 6 heteroatoms. The second-order valence-electron chi connectivity index (χ2n) is 5.39. The Kier molecular flexibility index (Phi) is 5.16. The number of esters is 1. The molecule has 110 valence electrons. The monoisotopic (exact) mass is 343 g/mol. The first-order valence-corrected chi connectivity index (χ1v) is 6.91. The second-order valence-corrected chi connectivity index (χ2v) is 6.31. The smallest absolute Gasteiger partial charge is 0.328 e. The molecular weight excluding hydrogens is 326 g/mol. The van der Waals surface area contributed by atoms with E-state index in [-0.39, 0.29) is 11.3 Å². The van der Waals surface area contributed by atoms with E-state index >= 15 is 0 Å². The van der Waals surface area contributed by atoms with Crippen molar-refractivity contribution in [2.75, 3.05) is 0 Å². The zero-order valence-electron chi connectivity index (χ0n) is 11.9. The molecule has 1 aromatic rings. The maximum Gasteiger partial charge on any atom is 0.328 e. The Bertz CT molecular complexity index is 522. The molecular formula is C14H18BrNO4. The van der Waals surface area contributed by atoms with Crippen LogP contribution in [0.3, 0.4) is 0 Å². The van der Waals surface area contributed by atoms with Crippen molar-refractivity contribution in [3.63, 3.8) is 0 Å². The van der Waals surface area contributed by atoms with Crippen molar-refractivity contribution in [2.45, 2.75) is 39.3 Å². The van der Waals surface area contributed by atoms with Gasteiger partial charge in [-0.3, -0.25) is 4.79 Å². The normalized spacial score (nSPS) is 12.7. The van der Waals surface area contributed by atoms with Gasteiger partial charge >= 0.3 is 5.97 Å². The van der Waals surface area contributed by atoms with Crippen molar-refractivity contribution in [1.29, 1.82) is 0 Å². The van der Waals surface area contributed by atoms with Crippen LogP contribution >= 0.6 is 15.9 Å². The van der Waals surface area contributed by atoms with E-state index in [1.165, 1.54) is 19.1 Å². The molecule has 20 heavy (non-hydrogen) atoms. The first-order valence-electron chi connectivity index (χ1n) is 6.12. The number of carbonyl (C=O) groups excluding carboxylic acids is 2. The van der Waals surface area contributed by atoms with Crippen molar-refractivity contribution < 1.29 is 19.4 Å². The molecule has 0 spiro atoms. The summed E-state index contributed by atoms with van der Waals surface area (Å²) in [6.07, 6.45) is 0. The number of aromatic hydroxyl groups is 1. The van der Waals surface area contributed by atoms with Crippen LogP contribution < -0.4 is 5.32 Å². The number of rotatable bonds is 3. The van der Waals surface area contributed by atoms with Gasteiger partial charge in [0.05, 0.1) is 5.56 Å². The summed E-state index contributed by atoms with van der Waals surface area (Å²) < 4.78 is 5.82. The highest BCUT2D eigenvalue weighted by atomic mass is 79.9. The Balaban J connectivity index is 2.73. The summed E-state index contributed by atoms with van der Waals surface area (Å²) in [5, 5.41) is 12.2. The molecule has 2 N–H and O–H groups in total. The minimum atomic E-state index is -0.801. The molecule has 0 radical (unpaired) electrons. The fourth-order valence-corrected chi connectivity index (χ4v) is 1.77. The number of amides is 1. The largest absolute Gasteiger partial charge is 0.507 e. The first kappa shape index (κ1) is 16.5. The number of phenolic OH excluding ortho intramolecular Hbond substituents is 1. The lowest BCUT2D eigenvalue weighted by Crippen LogP contribution is -2.42. The van der Waals surface area contributed by atoms with Crippen molar-refractivity contribution in [3.05, 3.63) is 28.2 Å². The van der Waals surface area contributed by atoms with Crippen molar-refractivity contribution in [2.24, 2.45) is 0 Å². The molecule has 0 aliphatic rings. The second kappa shape index (κ2) is 6.26. The summed E-state index contributed by atoms with van der Waals surface area (Å²) in [6.45, 7) is 6.78. The zero-order chi connectivity index (χ0) is 15.5. The molecule has 1 amide bonds. The van der Waals surface area contributed by atoms with Crippen LogP contribution in [0.15, 0.2) is 22.7 Å². The Hall–Kier alpha value is -1.56. The summed E-state index contributed by atoms with van der Waals surface area (Å²) in [5.74, 6) is -1.22. The molecule has 0 aromatic heterocycles. The third kappa shape index (κ3) is 4.85. The van der Waals surface area contributed by atoms with Gasteiger partial charge in [0.15, 0.2) is 0 Å². The van der Waals surface area contributed by atoms with Crippen molar-refractivity contribution in [3.8, 4) is 5.75 Å². The average molecular weight is 344 g/mol. The third-order valence-electron chi connectivity index (χ3n) is 2.31. The zero-order valence-corrected chi connectivity index (χ0v) is 13.4. The predicted molar refractivity (Wildman–Crippen MR) is 78.6 cm³/mol. The summed E-state index contributed by atoms with van der Waals surface area (Å²) in [7, 11) is 0. The standard InChI is InChI=1S/C14H18BrNO4/c1-8(13(19)20-14(2,3)4)16-12(18)10-6-5-9(15)7-11(10)17/h5-8,17H,1-4H3,(H,16,18)/t8-/m0/s1. The first-order chi connectivity index (χ1) is 9.10. The van der Waals surface area contributed by atoms with Gasteiger partial charge in [-0.15, -0.1) is 0 Å². The highest BCUT2D eigenvalue weighted by Gasteiger charge is 2.24. The van der Waals surface area contributed by atoms with Gasteiger partial charge in [0.25, 0.3) is 5.91 Å². The van der Waals surface area contributed by atoms with E-state index in [0.717, 1.165) is 0 Å². The maximum absolute atomic E-state index is 12.0. The Labute approximate surface area is 126 Å². The van der Waals surface area contributed by atoms with Gasteiger partial charge in [0.2, 0.25) is 0 Å². The Morgan fingerprint density at radius 2 is 1.95 bits per heavy atom. The van der Waals surface area contributed by atoms with E-state index in [1.807, 2.05) is 0 Å². The SMILES string of the molecule is C[C@H](NC(=O)c1ccc(Br)cc1O)C(=O)OC(C)(C)C. The molecule has 1 aromatic carbocycles. The predicted octanol–water partition coefficient (Wildman–Crippen LogP) is 2.61. The van der Waals surface area contributed by atoms with Crippen LogP contribution in [0.2, 0.25) is 0 Å². The number of ether oxygens (including phenoxy) is 1. The summed E-state index contributed by atoms with van der Waals surface area (Å²) in [5.41, 5.74) is -0.515. The topological polar surface area (TPSA) is 75.6 Å². The highest BCUT2D eigenvalue weighted by Crippen LogP contribution is 2.22. The summed E-state index contributed by atoms with van der Waals surface area (Å²) in [4.78, 5) is 23.7. The number of benzene rings is 1. The van der Waals surface area contributed by atoms with Crippen LogP contribution in [0.25, 0.3) is 0 Å². The van der Waals surface area contributed by atoms with Gasteiger partial charge in [-0.25, -0.2) is 4.79 Å². The van der Waals surface area contributed by atoms with Gasteiger partial charge in [0, 0.05) is 4.47 Å². The van der Waals surface area contributed by atoms with Crippen LogP contribution in [0.4, 0.5) is 0 Å². The lowest BCUT2D eigenvalue weighted by atomic mass is 10.1. The maximum atomic E-state index is 12.0. The minimum absolute atomic E-state index is 0.101. The van der Waals surface area contributed by atoms with Crippen LogP contribution in [0.5, 0.6) is 5.75 Å². The molecule has 1 rings (SSSR count). The molecule has 5 nitrogen and oxygen atoms in total. The number of halogens is 1.